The molecule has 0 aliphatic carbocycles. The van der Waals surface area contributed by atoms with Crippen LogP contribution in [0.3, 0.4) is 0 Å². The lowest BCUT2D eigenvalue weighted by atomic mass is 10.1. The van der Waals surface area contributed by atoms with E-state index in [9.17, 15) is 4.79 Å². The summed E-state index contributed by atoms with van der Waals surface area (Å²) >= 11 is 0. The van der Waals surface area contributed by atoms with Crippen molar-refractivity contribution in [3.05, 3.63) is 102 Å². The van der Waals surface area contributed by atoms with E-state index in [4.69, 9.17) is 4.74 Å². The first-order chi connectivity index (χ1) is 14.0. The first-order valence-electron chi connectivity index (χ1n) is 10.4. The number of hydrogen-bond donors (Lipinski definition) is 0. The molecule has 3 aromatic rings. The predicted octanol–water partition coefficient (Wildman–Crippen LogP) is 5.85. The molecule has 0 aliphatic rings. The van der Waals surface area contributed by atoms with Crippen LogP contribution in [0.4, 0.5) is 0 Å². The summed E-state index contributed by atoms with van der Waals surface area (Å²) in [6, 6.07) is 31.6. The summed E-state index contributed by atoms with van der Waals surface area (Å²) in [4.78, 5) is 12.7. The number of rotatable bonds is 9. The molecule has 0 aliphatic heterocycles. The molecule has 0 heterocycles. The summed E-state index contributed by atoms with van der Waals surface area (Å²) in [7, 11) is -1.57. The van der Waals surface area contributed by atoms with E-state index in [0.29, 0.717) is 5.56 Å². The second kappa shape index (κ2) is 10.2. The molecule has 3 rings (SSSR count). The van der Waals surface area contributed by atoms with Crippen LogP contribution in [0.1, 0.15) is 28.8 Å². The summed E-state index contributed by atoms with van der Waals surface area (Å²) in [5.74, 6) is -0.220. The molecule has 0 aromatic heterocycles. The average molecular weight is 403 g/mol. The maximum atomic E-state index is 12.7. The van der Waals surface area contributed by atoms with Crippen LogP contribution in [0.2, 0.25) is 19.1 Å². The highest BCUT2D eigenvalue weighted by Crippen LogP contribution is 2.20. The quantitative estimate of drug-likeness (QED) is 0.331. The Bertz CT molecular complexity index is 876. The number of hydrogen-bond acceptors (Lipinski definition) is 2. The Labute approximate surface area is 175 Å². The van der Waals surface area contributed by atoms with Crippen molar-refractivity contribution < 1.29 is 9.53 Å². The predicted molar refractivity (Wildman–Crippen MR) is 123 cm³/mol. The highest BCUT2D eigenvalue weighted by molar-refractivity contribution is 6.89. The lowest BCUT2D eigenvalue weighted by Gasteiger charge is -2.26. The maximum Gasteiger partial charge on any atom is 0.338 e. The summed E-state index contributed by atoms with van der Waals surface area (Å²) < 4.78 is 5.97. The Morgan fingerprint density at radius 1 is 0.793 bits per heavy atom. The van der Waals surface area contributed by atoms with Crippen molar-refractivity contribution in [1.29, 1.82) is 0 Å². The molecular weight excluding hydrogens is 372 g/mol. The zero-order chi connectivity index (χ0) is 20.5. The van der Waals surface area contributed by atoms with Crippen molar-refractivity contribution in [2.45, 2.75) is 44.5 Å². The van der Waals surface area contributed by atoms with Crippen molar-refractivity contribution in [2.75, 3.05) is 0 Å². The minimum atomic E-state index is -1.57. The van der Waals surface area contributed by atoms with Gasteiger partial charge in [0, 0.05) is 0 Å². The molecule has 0 amide bonds. The third-order valence-electron chi connectivity index (χ3n) is 5.53. The van der Waals surface area contributed by atoms with Gasteiger partial charge in [0.05, 0.1) is 13.6 Å². The van der Waals surface area contributed by atoms with Crippen LogP contribution in [-0.2, 0) is 11.2 Å². The van der Waals surface area contributed by atoms with E-state index >= 15 is 0 Å². The van der Waals surface area contributed by atoms with Crippen LogP contribution >= 0.6 is 0 Å². The van der Waals surface area contributed by atoms with Gasteiger partial charge in [-0.05, 0) is 37.0 Å². The van der Waals surface area contributed by atoms with E-state index in [1.165, 1.54) is 10.8 Å². The molecule has 0 radical (unpaired) electrons. The molecule has 3 aromatic carbocycles. The standard InChI is InChI=1S/C26H30O2Si/c1-29(2,25-16-10-5-11-17-25)21-20-24(19-18-22-12-6-3-7-13-22)28-26(27)23-14-8-4-9-15-23/h3-17,24H,18-21H2,1-2H3. The Morgan fingerprint density at radius 2 is 1.34 bits per heavy atom. The molecule has 2 nitrogen and oxygen atoms in total. The highest BCUT2D eigenvalue weighted by Gasteiger charge is 2.26. The monoisotopic (exact) mass is 402 g/mol. The largest absolute Gasteiger partial charge is 0.459 e. The summed E-state index contributed by atoms with van der Waals surface area (Å²) in [5.41, 5.74) is 1.91. The van der Waals surface area contributed by atoms with Crippen LogP contribution in [0.15, 0.2) is 91.0 Å². The lowest BCUT2D eigenvalue weighted by molar-refractivity contribution is 0.0273. The molecule has 1 unspecified atom stereocenters. The molecule has 1 atom stereocenters. The second-order valence-corrected chi connectivity index (χ2v) is 13.1. The SMILES string of the molecule is C[Si](C)(CCC(CCc1ccccc1)OC(=O)c1ccccc1)c1ccccc1. The molecule has 0 fully saturated rings. The lowest BCUT2D eigenvalue weighted by Crippen LogP contribution is -2.41. The third-order valence-corrected chi connectivity index (χ3v) is 8.96. The van der Waals surface area contributed by atoms with Gasteiger partial charge in [-0.25, -0.2) is 4.79 Å². The fourth-order valence-electron chi connectivity index (χ4n) is 3.58. The van der Waals surface area contributed by atoms with Crippen LogP contribution in [0, 0.1) is 0 Å². The molecule has 0 saturated heterocycles. The summed E-state index contributed by atoms with van der Waals surface area (Å²) in [6.45, 7) is 4.80. The van der Waals surface area contributed by atoms with Gasteiger partial charge in [0.15, 0.2) is 0 Å². The fourth-order valence-corrected chi connectivity index (χ4v) is 6.01. The normalized spacial score (nSPS) is 12.3. The van der Waals surface area contributed by atoms with Gasteiger partial charge >= 0.3 is 5.97 Å². The zero-order valence-corrected chi connectivity index (χ0v) is 18.4. The Balaban J connectivity index is 1.67. The highest BCUT2D eigenvalue weighted by atomic mass is 28.3. The van der Waals surface area contributed by atoms with Crippen molar-refractivity contribution in [2.24, 2.45) is 0 Å². The van der Waals surface area contributed by atoms with Crippen molar-refractivity contribution >= 4 is 19.2 Å². The van der Waals surface area contributed by atoms with Gasteiger partial charge in [-0.2, -0.15) is 0 Å². The number of esters is 1. The fraction of sp³-hybridized carbons (Fsp3) is 0.269. The topological polar surface area (TPSA) is 26.3 Å². The van der Waals surface area contributed by atoms with Gasteiger partial charge in [-0.15, -0.1) is 0 Å². The van der Waals surface area contributed by atoms with Gasteiger partial charge in [0.25, 0.3) is 0 Å². The molecule has 0 spiro atoms. The summed E-state index contributed by atoms with van der Waals surface area (Å²) in [6.07, 6.45) is 2.60. The Hall–Kier alpha value is -2.65. The second-order valence-electron chi connectivity index (χ2n) is 8.21. The van der Waals surface area contributed by atoms with E-state index in [1.807, 2.05) is 36.4 Å². The average Bonchev–Trinajstić information content (AvgIpc) is 2.77. The first kappa shape index (κ1) is 21.1. The van der Waals surface area contributed by atoms with Gasteiger partial charge < -0.3 is 4.74 Å². The van der Waals surface area contributed by atoms with Gasteiger partial charge in [-0.1, -0.05) is 103 Å². The smallest absolute Gasteiger partial charge is 0.338 e. The molecular formula is C26H30O2Si. The molecule has 0 bridgehead atoms. The van der Waals surface area contributed by atoms with Gasteiger partial charge in [-0.3, -0.25) is 0 Å². The van der Waals surface area contributed by atoms with Crippen LogP contribution < -0.4 is 5.19 Å². The number of carbonyl (C=O) groups excluding carboxylic acids is 1. The van der Waals surface area contributed by atoms with Crippen LogP contribution in [-0.4, -0.2) is 20.1 Å². The van der Waals surface area contributed by atoms with E-state index in [-0.39, 0.29) is 12.1 Å². The molecule has 3 heteroatoms. The van der Waals surface area contributed by atoms with Gasteiger partial charge in [0.1, 0.15) is 6.10 Å². The molecule has 29 heavy (non-hydrogen) atoms. The van der Waals surface area contributed by atoms with Crippen molar-refractivity contribution in [1.82, 2.24) is 0 Å². The van der Waals surface area contributed by atoms with Crippen LogP contribution in [0.5, 0.6) is 0 Å². The zero-order valence-electron chi connectivity index (χ0n) is 17.4. The van der Waals surface area contributed by atoms with Crippen LogP contribution in [0.25, 0.3) is 0 Å². The minimum Gasteiger partial charge on any atom is -0.459 e. The first-order valence-corrected chi connectivity index (χ1v) is 13.6. The molecule has 150 valence electrons. The van der Waals surface area contributed by atoms with E-state index in [1.54, 1.807) is 0 Å². The summed E-state index contributed by atoms with van der Waals surface area (Å²) in [5, 5.41) is 1.45. The van der Waals surface area contributed by atoms with E-state index in [2.05, 4.69) is 67.7 Å². The maximum absolute atomic E-state index is 12.7. The molecule has 0 saturated carbocycles. The Kier molecular flexibility index (Phi) is 7.42. The number of carbonyl (C=O) groups is 1. The molecule has 0 N–H and O–H groups in total. The third kappa shape index (κ3) is 6.43. The Morgan fingerprint density at radius 3 is 1.97 bits per heavy atom. The van der Waals surface area contributed by atoms with Gasteiger partial charge in [0.2, 0.25) is 0 Å². The minimum absolute atomic E-state index is 0.0709. The van der Waals surface area contributed by atoms with Crippen molar-refractivity contribution in [3.63, 3.8) is 0 Å². The van der Waals surface area contributed by atoms with E-state index < -0.39 is 8.07 Å². The number of ether oxygens (including phenoxy) is 1. The van der Waals surface area contributed by atoms with E-state index in [0.717, 1.165) is 25.3 Å². The number of aryl methyl sites for hydroxylation is 1. The number of benzene rings is 3. The van der Waals surface area contributed by atoms with Crippen molar-refractivity contribution in [3.8, 4) is 0 Å².